The third kappa shape index (κ3) is 5.39. The summed E-state index contributed by atoms with van der Waals surface area (Å²) in [5.74, 6) is -0.490. The Morgan fingerprint density at radius 3 is 2.37 bits per heavy atom. The van der Waals surface area contributed by atoms with Crippen molar-refractivity contribution in [3.8, 4) is 17.0 Å². The SMILES string of the molecule is CCCCc1nc(O)c(S(=O)(=O)c2ccc(-c3cccnc3C)cc2)c(=O)n1[C@@H](COC)c1ccccc1. The molecule has 1 atom stereocenters. The van der Waals surface area contributed by atoms with Gasteiger partial charge in [0.05, 0.1) is 17.5 Å². The van der Waals surface area contributed by atoms with Gasteiger partial charge in [0.2, 0.25) is 15.7 Å². The average molecular weight is 534 g/mol. The van der Waals surface area contributed by atoms with Gasteiger partial charge < -0.3 is 9.84 Å². The topological polar surface area (TPSA) is 111 Å². The molecule has 9 heteroatoms. The molecule has 2 aromatic heterocycles. The zero-order chi connectivity index (χ0) is 27.3. The molecule has 0 aliphatic rings. The summed E-state index contributed by atoms with van der Waals surface area (Å²) >= 11 is 0. The van der Waals surface area contributed by atoms with E-state index in [1.807, 2.05) is 56.3 Å². The minimum Gasteiger partial charge on any atom is -0.492 e. The zero-order valence-corrected chi connectivity index (χ0v) is 22.5. The average Bonchev–Trinajstić information content (AvgIpc) is 2.91. The van der Waals surface area contributed by atoms with Crippen molar-refractivity contribution in [1.82, 2.24) is 14.5 Å². The summed E-state index contributed by atoms with van der Waals surface area (Å²) in [5, 5.41) is 10.8. The molecule has 198 valence electrons. The number of methoxy groups -OCH3 is 1. The van der Waals surface area contributed by atoms with Gasteiger partial charge in [-0.15, -0.1) is 0 Å². The number of sulfone groups is 1. The molecule has 2 heterocycles. The summed E-state index contributed by atoms with van der Waals surface area (Å²) in [4.78, 5) is 21.6. The van der Waals surface area contributed by atoms with Gasteiger partial charge in [0.15, 0.2) is 4.90 Å². The molecule has 0 amide bonds. The van der Waals surface area contributed by atoms with E-state index in [0.717, 1.165) is 28.8 Å². The Morgan fingerprint density at radius 2 is 1.74 bits per heavy atom. The number of unbranched alkanes of at least 4 members (excludes halogenated alkanes) is 1. The lowest BCUT2D eigenvalue weighted by Gasteiger charge is -2.24. The van der Waals surface area contributed by atoms with Crippen molar-refractivity contribution in [2.75, 3.05) is 13.7 Å². The summed E-state index contributed by atoms with van der Waals surface area (Å²) in [7, 11) is -2.88. The van der Waals surface area contributed by atoms with Crippen LogP contribution in [0, 0.1) is 6.92 Å². The van der Waals surface area contributed by atoms with Crippen molar-refractivity contribution >= 4 is 9.84 Å². The molecule has 4 aromatic rings. The van der Waals surface area contributed by atoms with E-state index in [1.165, 1.54) is 23.8 Å². The number of rotatable bonds is 10. The van der Waals surface area contributed by atoms with Crippen molar-refractivity contribution in [3.05, 3.63) is 100 Å². The predicted molar refractivity (Wildman–Crippen MR) is 145 cm³/mol. The maximum atomic E-state index is 13.9. The van der Waals surface area contributed by atoms with Gasteiger partial charge >= 0.3 is 0 Å². The van der Waals surface area contributed by atoms with Crippen molar-refractivity contribution in [1.29, 1.82) is 0 Å². The third-order valence-corrected chi connectivity index (χ3v) is 8.24. The molecule has 0 fully saturated rings. The fourth-order valence-electron chi connectivity index (χ4n) is 4.49. The number of pyridine rings is 1. The molecule has 8 nitrogen and oxygen atoms in total. The van der Waals surface area contributed by atoms with Crippen LogP contribution in [-0.4, -0.2) is 41.8 Å². The van der Waals surface area contributed by atoms with Crippen LogP contribution in [0.2, 0.25) is 0 Å². The van der Waals surface area contributed by atoms with Crippen LogP contribution in [0.1, 0.15) is 42.9 Å². The van der Waals surface area contributed by atoms with Crippen LogP contribution in [0.25, 0.3) is 11.1 Å². The highest BCUT2D eigenvalue weighted by atomic mass is 32.2. The first-order valence-corrected chi connectivity index (χ1v) is 13.9. The number of benzene rings is 2. The van der Waals surface area contributed by atoms with Gasteiger partial charge in [0.25, 0.3) is 5.56 Å². The molecular formula is C29H31N3O5S. The Hall–Kier alpha value is -3.82. The number of aromatic nitrogens is 3. The number of aromatic hydroxyl groups is 1. The lowest BCUT2D eigenvalue weighted by molar-refractivity contribution is 0.165. The van der Waals surface area contributed by atoms with Crippen molar-refractivity contribution in [2.45, 2.75) is 48.9 Å². The Bertz CT molecular complexity index is 1570. The number of hydrogen-bond acceptors (Lipinski definition) is 7. The van der Waals surface area contributed by atoms with Crippen LogP contribution >= 0.6 is 0 Å². The quantitative estimate of drug-likeness (QED) is 0.314. The van der Waals surface area contributed by atoms with E-state index in [2.05, 4.69) is 9.97 Å². The second-order valence-electron chi connectivity index (χ2n) is 9.01. The molecule has 4 rings (SSSR count). The molecule has 1 N–H and O–H groups in total. The number of ether oxygens (including phenoxy) is 1. The number of hydrogen-bond donors (Lipinski definition) is 1. The Morgan fingerprint density at radius 1 is 1.03 bits per heavy atom. The fraction of sp³-hybridized carbons (Fsp3) is 0.276. The minimum atomic E-state index is -4.40. The first kappa shape index (κ1) is 27.2. The maximum absolute atomic E-state index is 13.9. The highest BCUT2D eigenvalue weighted by molar-refractivity contribution is 7.91. The first-order valence-electron chi connectivity index (χ1n) is 12.4. The van der Waals surface area contributed by atoms with Crippen molar-refractivity contribution in [3.63, 3.8) is 0 Å². The number of aryl methyl sites for hydroxylation is 2. The second kappa shape index (κ2) is 11.7. The molecule has 0 radical (unpaired) electrons. The zero-order valence-electron chi connectivity index (χ0n) is 21.7. The van der Waals surface area contributed by atoms with Crippen LogP contribution in [0.4, 0.5) is 0 Å². The fourth-order valence-corrected chi connectivity index (χ4v) is 5.83. The monoisotopic (exact) mass is 533 g/mol. The molecule has 0 spiro atoms. The molecule has 0 aliphatic carbocycles. The molecular weight excluding hydrogens is 502 g/mol. The number of nitrogens with zero attached hydrogens (tertiary/aromatic N) is 3. The lowest BCUT2D eigenvalue weighted by Crippen LogP contribution is -2.35. The van der Waals surface area contributed by atoms with Crippen LogP contribution in [0.5, 0.6) is 5.88 Å². The highest BCUT2D eigenvalue weighted by Crippen LogP contribution is 2.30. The lowest BCUT2D eigenvalue weighted by atomic mass is 10.1. The van der Waals surface area contributed by atoms with E-state index < -0.39 is 32.2 Å². The van der Waals surface area contributed by atoms with Crippen LogP contribution in [0.15, 0.2) is 87.5 Å². The van der Waals surface area contributed by atoms with Gasteiger partial charge in [-0.2, -0.15) is 4.98 Å². The molecule has 0 aliphatic heterocycles. The summed E-state index contributed by atoms with van der Waals surface area (Å²) in [6.07, 6.45) is 3.63. The third-order valence-electron chi connectivity index (χ3n) is 6.45. The highest BCUT2D eigenvalue weighted by Gasteiger charge is 2.32. The van der Waals surface area contributed by atoms with E-state index >= 15 is 0 Å². The maximum Gasteiger partial charge on any atom is 0.277 e. The molecule has 0 bridgehead atoms. The second-order valence-corrected chi connectivity index (χ2v) is 10.9. The van der Waals surface area contributed by atoms with Crippen molar-refractivity contribution < 1.29 is 18.3 Å². The van der Waals surface area contributed by atoms with Crippen molar-refractivity contribution in [2.24, 2.45) is 0 Å². The Kier molecular flexibility index (Phi) is 8.38. The predicted octanol–water partition coefficient (Wildman–Crippen LogP) is 4.73. The van der Waals surface area contributed by atoms with E-state index in [0.29, 0.717) is 18.7 Å². The van der Waals surface area contributed by atoms with Gasteiger partial charge in [0, 0.05) is 31.0 Å². The minimum absolute atomic E-state index is 0.118. The smallest absolute Gasteiger partial charge is 0.277 e. The Labute approximate surface area is 222 Å². The summed E-state index contributed by atoms with van der Waals surface area (Å²) in [5.41, 5.74) is 2.39. The summed E-state index contributed by atoms with van der Waals surface area (Å²) < 4.78 is 34.2. The van der Waals surface area contributed by atoms with Gasteiger partial charge in [-0.05, 0) is 42.7 Å². The molecule has 38 heavy (non-hydrogen) atoms. The standard InChI is InChI=1S/C29H31N3O5S/c1-4-5-13-26-31-28(33)27(29(34)32(26)25(19-37-3)22-10-7-6-8-11-22)38(35,36)23-16-14-21(15-17-23)24-12-9-18-30-20(24)2/h6-12,14-18,25,33H,4-5,13,19H2,1-3H3/t25-/m0/s1. The largest absolute Gasteiger partial charge is 0.492 e. The molecule has 0 saturated carbocycles. The molecule has 0 unspecified atom stereocenters. The van der Waals surface area contributed by atoms with E-state index in [1.54, 1.807) is 18.3 Å². The normalized spacial score (nSPS) is 12.4. The molecule has 2 aromatic carbocycles. The van der Waals surface area contributed by atoms with Gasteiger partial charge in [0.1, 0.15) is 5.82 Å². The van der Waals surface area contributed by atoms with Crippen LogP contribution in [-0.2, 0) is 21.0 Å². The molecule has 0 saturated heterocycles. The van der Waals surface area contributed by atoms with Crippen LogP contribution in [0.3, 0.4) is 0 Å². The summed E-state index contributed by atoms with van der Waals surface area (Å²) in [6, 6.07) is 18.5. The van der Waals surface area contributed by atoms with E-state index in [9.17, 15) is 18.3 Å². The van der Waals surface area contributed by atoms with Crippen LogP contribution < -0.4 is 5.56 Å². The first-order chi connectivity index (χ1) is 18.3. The van der Waals surface area contributed by atoms with E-state index in [4.69, 9.17) is 4.74 Å². The Balaban J connectivity index is 1.87. The van der Waals surface area contributed by atoms with Gasteiger partial charge in [-0.25, -0.2) is 8.42 Å². The van der Waals surface area contributed by atoms with E-state index in [-0.39, 0.29) is 11.5 Å². The van der Waals surface area contributed by atoms with Gasteiger partial charge in [-0.3, -0.25) is 14.3 Å². The van der Waals surface area contributed by atoms with Gasteiger partial charge in [-0.1, -0.05) is 61.9 Å². The summed E-state index contributed by atoms with van der Waals surface area (Å²) in [6.45, 7) is 3.99.